The van der Waals surface area contributed by atoms with Gasteiger partial charge in [-0.15, -0.1) is 16.7 Å². The van der Waals surface area contributed by atoms with Crippen LogP contribution in [0.25, 0.3) is 0 Å². The van der Waals surface area contributed by atoms with E-state index in [1.807, 2.05) is 18.7 Å². The van der Waals surface area contributed by atoms with Gasteiger partial charge in [0, 0.05) is 38.6 Å². The van der Waals surface area contributed by atoms with Gasteiger partial charge in [-0.1, -0.05) is 5.10 Å². The van der Waals surface area contributed by atoms with Crippen LogP contribution in [0.15, 0.2) is 4.42 Å². The molecule has 1 rings (SSSR count). The van der Waals surface area contributed by atoms with Crippen molar-refractivity contribution in [1.29, 1.82) is 0 Å². The Kier molecular flexibility index (Phi) is 8.53. The molecule has 0 N–H and O–H groups in total. The first-order chi connectivity index (χ1) is 9.31. The van der Waals surface area contributed by atoms with E-state index >= 15 is 0 Å². The van der Waals surface area contributed by atoms with Gasteiger partial charge in [0.05, 0.1) is 13.2 Å². The SMILES string of the molecule is CCOCCN(CCOCC)c1nnc(CCCl)o1. The lowest BCUT2D eigenvalue weighted by atomic mass is 10.5. The third-order valence-electron chi connectivity index (χ3n) is 2.45. The van der Waals surface area contributed by atoms with Crippen molar-refractivity contribution in [2.75, 3.05) is 50.3 Å². The molecule has 0 aromatic carbocycles. The highest BCUT2D eigenvalue weighted by molar-refractivity contribution is 6.17. The van der Waals surface area contributed by atoms with Gasteiger partial charge in [-0.25, -0.2) is 0 Å². The fraction of sp³-hybridized carbons (Fsp3) is 0.833. The Morgan fingerprint density at radius 1 is 1.11 bits per heavy atom. The normalized spacial score (nSPS) is 10.9. The lowest BCUT2D eigenvalue weighted by Gasteiger charge is -2.19. The van der Waals surface area contributed by atoms with Crippen molar-refractivity contribution in [2.45, 2.75) is 20.3 Å². The number of hydrogen-bond donors (Lipinski definition) is 0. The Hall–Kier alpha value is -0.850. The molecule has 1 heterocycles. The van der Waals surface area contributed by atoms with Gasteiger partial charge in [0.25, 0.3) is 0 Å². The molecule has 1 aromatic heterocycles. The number of aryl methyl sites for hydroxylation is 1. The van der Waals surface area contributed by atoms with Crippen LogP contribution in [-0.2, 0) is 15.9 Å². The Morgan fingerprint density at radius 3 is 2.26 bits per heavy atom. The van der Waals surface area contributed by atoms with Crippen molar-refractivity contribution in [1.82, 2.24) is 10.2 Å². The number of nitrogens with zero attached hydrogens (tertiary/aromatic N) is 3. The molecule has 0 aliphatic rings. The summed E-state index contributed by atoms with van der Waals surface area (Å²) < 4.78 is 16.3. The van der Waals surface area contributed by atoms with E-state index < -0.39 is 0 Å². The molecule has 0 unspecified atom stereocenters. The lowest BCUT2D eigenvalue weighted by molar-refractivity contribution is 0.140. The van der Waals surface area contributed by atoms with E-state index in [1.54, 1.807) is 0 Å². The molecular weight excluding hydrogens is 270 g/mol. The summed E-state index contributed by atoms with van der Waals surface area (Å²) in [5.74, 6) is 1.03. The summed E-state index contributed by atoms with van der Waals surface area (Å²) in [6.07, 6.45) is 0.583. The minimum absolute atomic E-state index is 0.472. The predicted octanol–water partition coefficient (Wildman–Crippen LogP) is 1.73. The second-order valence-corrected chi connectivity index (χ2v) is 4.18. The summed E-state index contributed by atoms with van der Waals surface area (Å²) in [4.78, 5) is 1.97. The van der Waals surface area contributed by atoms with Crippen molar-refractivity contribution in [3.63, 3.8) is 0 Å². The summed E-state index contributed by atoms with van der Waals surface area (Å²) in [5.41, 5.74) is 0. The van der Waals surface area contributed by atoms with Crippen molar-refractivity contribution >= 4 is 17.6 Å². The van der Waals surface area contributed by atoms with Crippen LogP contribution in [0.4, 0.5) is 6.01 Å². The molecule has 0 aliphatic carbocycles. The number of aromatic nitrogens is 2. The van der Waals surface area contributed by atoms with Crippen LogP contribution in [-0.4, -0.2) is 55.6 Å². The maximum absolute atomic E-state index is 5.65. The molecular formula is C12H22ClN3O3. The minimum Gasteiger partial charge on any atom is -0.408 e. The number of alkyl halides is 1. The molecule has 0 spiro atoms. The fourth-order valence-electron chi connectivity index (χ4n) is 1.50. The average molecular weight is 292 g/mol. The first kappa shape index (κ1) is 16.2. The van der Waals surface area contributed by atoms with Crippen molar-refractivity contribution in [3.8, 4) is 0 Å². The lowest BCUT2D eigenvalue weighted by Crippen LogP contribution is -2.31. The maximum atomic E-state index is 5.65. The van der Waals surface area contributed by atoms with Crippen molar-refractivity contribution in [3.05, 3.63) is 5.89 Å². The molecule has 6 nitrogen and oxygen atoms in total. The van der Waals surface area contributed by atoms with Gasteiger partial charge in [0.15, 0.2) is 0 Å². The molecule has 1 aromatic rings. The van der Waals surface area contributed by atoms with Crippen LogP contribution >= 0.6 is 11.6 Å². The highest BCUT2D eigenvalue weighted by Gasteiger charge is 2.14. The topological polar surface area (TPSA) is 60.6 Å². The molecule has 0 radical (unpaired) electrons. The van der Waals surface area contributed by atoms with E-state index in [0.717, 1.165) is 0 Å². The molecule has 0 bridgehead atoms. The number of halogens is 1. The smallest absolute Gasteiger partial charge is 0.318 e. The van der Waals surface area contributed by atoms with Gasteiger partial charge in [-0.3, -0.25) is 0 Å². The second kappa shape index (κ2) is 10.00. The second-order valence-electron chi connectivity index (χ2n) is 3.80. The van der Waals surface area contributed by atoms with Crippen LogP contribution in [0.1, 0.15) is 19.7 Å². The quantitative estimate of drug-likeness (QED) is 0.457. The monoisotopic (exact) mass is 291 g/mol. The Bertz CT molecular complexity index is 326. The van der Waals surface area contributed by atoms with E-state index in [2.05, 4.69) is 10.2 Å². The summed E-state index contributed by atoms with van der Waals surface area (Å²) in [6.45, 7) is 7.96. The minimum atomic E-state index is 0.472. The number of rotatable bonds is 11. The third kappa shape index (κ3) is 6.22. The molecule has 0 saturated heterocycles. The number of ether oxygens (including phenoxy) is 2. The van der Waals surface area contributed by atoms with Crippen LogP contribution in [0.3, 0.4) is 0 Å². The van der Waals surface area contributed by atoms with Crippen LogP contribution < -0.4 is 4.90 Å². The van der Waals surface area contributed by atoms with Gasteiger partial charge < -0.3 is 18.8 Å². The van der Waals surface area contributed by atoms with Gasteiger partial charge >= 0.3 is 6.01 Å². The predicted molar refractivity (Wildman–Crippen MR) is 73.9 cm³/mol. The Morgan fingerprint density at radius 2 is 1.74 bits per heavy atom. The highest BCUT2D eigenvalue weighted by Crippen LogP contribution is 2.12. The van der Waals surface area contributed by atoms with Crippen molar-refractivity contribution < 1.29 is 13.9 Å². The zero-order valence-corrected chi connectivity index (χ0v) is 12.4. The maximum Gasteiger partial charge on any atom is 0.318 e. The molecule has 110 valence electrons. The summed E-state index contributed by atoms with van der Waals surface area (Å²) in [5, 5.41) is 7.99. The van der Waals surface area contributed by atoms with Crippen LogP contribution in [0, 0.1) is 0 Å². The van der Waals surface area contributed by atoms with Gasteiger partial charge in [0.1, 0.15) is 0 Å². The molecule has 0 aliphatic heterocycles. The average Bonchev–Trinajstić information content (AvgIpc) is 2.86. The molecule has 0 saturated carbocycles. The third-order valence-corrected chi connectivity index (χ3v) is 2.64. The summed E-state index contributed by atoms with van der Waals surface area (Å²) in [6, 6.07) is 0.500. The Balaban J connectivity index is 2.53. The first-order valence-electron chi connectivity index (χ1n) is 6.60. The van der Waals surface area contributed by atoms with E-state index in [9.17, 15) is 0 Å². The molecule has 7 heteroatoms. The molecule has 0 atom stereocenters. The van der Waals surface area contributed by atoms with Crippen molar-refractivity contribution in [2.24, 2.45) is 0 Å². The fourth-order valence-corrected chi connectivity index (χ4v) is 1.66. The van der Waals surface area contributed by atoms with Gasteiger partial charge in [0.2, 0.25) is 5.89 Å². The summed E-state index contributed by atoms with van der Waals surface area (Å²) >= 11 is 5.65. The van der Waals surface area contributed by atoms with Gasteiger partial charge in [-0.2, -0.15) is 0 Å². The number of anilines is 1. The van der Waals surface area contributed by atoms with E-state index in [4.69, 9.17) is 25.5 Å². The summed E-state index contributed by atoms with van der Waals surface area (Å²) in [7, 11) is 0. The van der Waals surface area contributed by atoms with E-state index in [0.29, 0.717) is 63.7 Å². The molecule has 0 amide bonds. The highest BCUT2D eigenvalue weighted by atomic mass is 35.5. The van der Waals surface area contributed by atoms with E-state index in [1.165, 1.54) is 0 Å². The zero-order chi connectivity index (χ0) is 13.9. The largest absolute Gasteiger partial charge is 0.408 e. The van der Waals surface area contributed by atoms with Gasteiger partial charge in [-0.05, 0) is 13.8 Å². The Labute approximate surface area is 119 Å². The van der Waals surface area contributed by atoms with Crippen LogP contribution in [0.2, 0.25) is 0 Å². The first-order valence-corrected chi connectivity index (χ1v) is 7.14. The van der Waals surface area contributed by atoms with E-state index in [-0.39, 0.29) is 0 Å². The van der Waals surface area contributed by atoms with Crippen LogP contribution in [0.5, 0.6) is 0 Å². The molecule has 19 heavy (non-hydrogen) atoms. The standard InChI is InChI=1S/C12H22ClN3O3/c1-3-17-9-7-16(8-10-18-4-2)12-15-14-11(19-12)5-6-13/h3-10H2,1-2H3. The number of hydrogen-bond acceptors (Lipinski definition) is 6. The molecule has 0 fully saturated rings. The zero-order valence-electron chi connectivity index (χ0n) is 11.6.